The van der Waals surface area contributed by atoms with Gasteiger partial charge in [0, 0.05) is 0 Å². The van der Waals surface area contributed by atoms with Crippen molar-refractivity contribution in [2.75, 3.05) is 0 Å². The smallest absolute Gasteiger partial charge is 0.307 e. The first kappa shape index (κ1) is 14.0. The molecule has 0 saturated heterocycles. The molecule has 1 heterocycles. The van der Waals surface area contributed by atoms with E-state index < -0.39 is 5.97 Å². The molecular formula is C15H15NO4. The van der Waals surface area contributed by atoms with Crippen LogP contribution in [0.2, 0.25) is 0 Å². The van der Waals surface area contributed by atoms with E-state index in [-0.39, 0.29) is 19.6 Å². The summed E-state index contributed by atoms with van der Waals surface area (Å²) in [4.78, 5) is 14.8. The van der Waals surface area contributed by atoms with Gasteiger partial charge in [-0.15, -0.1) is 0 Å². The number of benzene rings is 1. The monoisotopic (exact) mass is 273 g/mol. The van der Waals surface area contributed by atoms with Gasteiger partial charge < -0.3 is 14.9 Å². The molecule has 2 rings (SSSR count). The number of nitrogens with zero attached hydrogens (tertiary/aromatic N) is 1. The molecule has 1 aromatic carbocycles. The summed E-state index contributed by atoms with van der Waals surface area (Å²) in [6.45, 7) is 0.172. The van der Waals surface area contributed by atoms with Gasteiger partial charge in [0.1, 0.15) is 12.4 Å². The second-order valence-corrected chi connectivity index (χ2v) is 4.27. The third-order valence-corrected chi connectivity index (χ3v) is 2.81. The van der Waals surface area contributed by atoms with Gasteiger partial charge in [-0.05, 0) is 23.3 Å². The number of aliphatic hydroxyl groups excluding tert-OH is 1. The molecule has 2 N–H and O–H groups in total. The van der Waals surface area contributed by atoms with Crippen LogP contribution in [0.25, 0.3) is 0 Å². The minimum Gasteiger partial charge on any atom is -0.487 e. The van der Waals surface area contributed by atoms with Crippen molar-refractivity contribution in [3.8, 4) is 5.75 Å². The average molecular weight is 273 g/mol. The molecule has 0 aliphatic carbocycles. The number of carbonyl (C=O) groups is 1. The molecule has 0 amide bonds. The highest BCUT2D eigenvalue weighted by Gasteiger charge is 2.07. The summed E-state index contributed by atoms with van der Waals surface area (Å²) in [6.07, 6.45) is 1.51. The quantitative estimate of drug-likeness (QED) is 0.838. The van der Waals surface area contributed by atoms with E-state index in [0.29, 0.717) is 11.4 Å². The Morgan fingerprint density at radius 3 is 2.50 bits per heavy atom. The number of ether oxygens (including phenoxy) is 1. The van der Waals surface area contributed by atoms with Gasteiger partial charge in [-0.3, -0.25) is 9.78 Å². The molecule has 0 bridgehead atoms. The molecule has 0 unspecified atom stereocenters. The minimum atomic E-state index is -0.869. The van der Waals surface area contributed by atoms with Gasteiger partial charge >= 0.3 is 5.97 Å². The topological polar surface area (TPSA) is 79.7 Å². The zero-order valence-electron chi connectivity index (χ0n) is 10.8. The number of aromatic nitrogens is 1. The summed E-state index contributed by atoms with van der Waals surface area (Å²) in [6, 6.07) is 10.7. The average Bonchev–Trinajstić information content (AvgIpc) is 2.46. The van der Waals surface area contributed by atoms with Gasteiger partial charge in [-0.2, -0.15) is 0 Å². The predicted octanol–water partition coefficient (Wildman–Crippen LogP) is 1.78. The normalized spacial score (nSPS) is 10.2. The van der Waals surface area contributed by atoms with Crippen LogP contribution in [-0.2, 0) is 24.4 Å². The van der Waals surface area contributed by atoms with Crippen molar-refractivity contribution >= 4 is 5.97 Å². The maximum absolute atomic E-state index is 10.8. The second kappa shape index (κ2) is 6.68. The number of aliphatic hydroxyl groups is 1. The summed E-state index contributed by atoms with van der Waals surface area (Å²) < 4.78 is 5.58. The molecule has 0 aliphatic heterocycles. The standard InChI is InChI=1S/C15H15NO4/c17-9-13-5-6-14(8-16-13)20-10-12-4-2-1-3-11(12)7-15(18)19/h1-6,8,17H,7,9-10H2,(H,18,19). The number of aliphatic carboxylic acids is 1. The van der Waals surface area contributed by atoms with Crippen molar-refractivity contribution in [3.63, 3.8) is 0 Å². The Labute approximate surface area is 116 Å². The van der Waals surface area contributed by atoms with Crippen molar-refractivity contribution in [2.45, 2.75) is 19.6 Å². The molecule has 0 aliphatic rings. The van der Waals surface area contributed by atoms with Gasteiger partial charge in [-0.1, -0.05) is 24.3 Å². The van der Waals surface area contributed by atoms with Crippen LogP contribution < -0.4 is 4.74 Å². The highest BCUT2D eigenvalue weighted by atomic mass is 16.5. The number of pyridine rings is 1. The Morgan fingerprint density at radius 2 is 1.90 bits per heavy atom. The Hall–Kier alpha value is -2.40. The maximum atomic E-state index is 10.8. The Morgan fingerprint density at radius 1 is 1.15 bits per heavy atom. The maximum Gasteiger partial charge on any atom is 0.307 e. The number of carboxylic acids is 1. The predicted molar refractivity (Wildman–Crippen MR) is 72.3 cm³/mol. The Kier molecular flexibility index (Phi) is 4.68. The van der Waals surface area contributed by atoms with Crippen molar-refractivity contribution in [1.29, 1.82) is 0 Å². The van der Waals surface area contributed by atoms with Crippen molar-refractivity contribution < 1.29 is 19.7 Å². The fraction of sp³-hybridized carbons (Fsp3) is 0.200. The lowest BCUT2D eigenvalue weighted by atomic mass is 10.1. The van der Waals surface area contributed by atoms with E-state index in [2.05, 4.69) is 4.98 Å². The first-order valence-corrected chi connectivity index (χ1v) is 6.16. The van der Waals surface area contributed by atoms with Crippen LogP contribution in [-0.4, -0.2) is 21.2 Å². The van der Waals surface area contributed by atoms with Crippen LogP contribution in [0.4, 0.5) is 0 Å². The van der Waals surface area contributed by atoms with Gasteiger partial charge in [0.05, 0.1) is 24.9 Å². The molecule has 5 nitrogen and oxygen atoms in total. The summed E-state index contributed by atoms with van der Waals surface area (Å²) in [5.74, 6) is -0.293. The largest absolute Gasteiger partial charge is 0.487 e. The van der Waals surface area contributed by atoms with Crippen molar-refractivity contribution in [2.24, 2.45) is 0 Å². The lowest BCUT2D eigenvalue weighted by Gasteiger charge is -2.10. The van der Waals surface area contributed by atoms with E-state index >= 15 is 0 Å². The summed E-state index contributed by atoms with van der Waals surface area (Å²) in [5.41, 5.74) is 2.14. The van der Waals surface area contributed by atoms with Crippen LogP contribution in [0, 0.1) is 0 Å². The lowest BCUT2D eigenvalue weighted by Crippen LogP contribution is -2.06. The van der Waals surface area contributed by atoms with Crippen LogP contribution in [0.1, 0.15) is 16.8 Å². The summed E-state index contributed by atoms with van der Waals surface area (Å²) >= 11 is 0. The summed E-state index contributed by atoms with van der Waals surface area (Å²) in [7, 11) is 0. The van der Waals surface area contributed by atoms with E-state index in [9.17, 15) is 4.79 Å². The number of carboxylic acid groups (broad SMARTS) is 1. The molecule has 2 aromatic rings. The second-order valence-electron chi connectivity index (χ2n) is 4.27. The zero-order chi connectivity index (χ0) is 14.4. The molecule has 0 atom stereocenters. The third-order valence-electron chi connectivity index (χ3n) is 2.81. The molecule has 0 saturated carbocycles. The number of hydrogen-bond donors (Lipinski definition) is 2. The number of hydrogen-bond acceptors (Lipinski definition) is 4. The van der Waals surface area contributed by atoms with Crippen LogP contribution >= 0.6 is 0 Å². The van der Waals surface area contributed by atoms with Gasteiger partial charge in [0.15, 0.2) is 0 Å². The van der Waals surface area contributed by atoms with E-state index in [0.717, 1.165) is 11.1 Å². The molecule has 5 heteroatoms. The Bertz CT molecular complexity index is 581. The van der Waals surface area contributed by atoms with E-state index in [1.165, 1.54) is 6.20 Å². The first-order chi connectivity index (χ1) is 9.69. The molecule has 20 heavy (non-hydrogen) atoms. The highest BCUT2D eigenvalue weighted by Crippen LogP contribution is 2.15. The molecule has 0 radical (unpaired) electrons. The number of rotatable bonds is 6. The molecule has 0 fully saturated rings. The molecule has 104 valence electrons. The lowest BCUT2D eigenvalue weighted by molar-refractivity contribution is -0.136. The SMILES string of the molecule is O=C(O)Cc1ccccc1COc1ccc(CO)nc1. The van der Waals surface area contributed by atoms with E-state index in [1.54, 1.807) is 24.3 Å². The summed E-state index contributed by atoms with van der Waals surface area (Å²) in [5, 5.41) is 17.8. The van der Waals surface area contributed by atoms with E-state index in [1.807, 2.05) is 12.1 Å². The molecule has 0 spiro atoms. The molecule has 1 aromatic heterocycles. The Balaban J connectivity index is 2.04. The van der Waals surface area contributed by atoms with Crippen molar-refractivity contribution in [1.82, 2.24) is 4.98 Å². The van der Waals surface area contributed by atoms with Crippen LogP contribution in [0.15, 0.2) is 42.6 Å². The highest BCUT2D eigenvalue weighted by molar-refractivity contribution is 5.70. The fourth-order valence-electron chi connectivity index (χ4n) is 1.78. The van der Waals surface area contributed by atoms with Gasteiger partial charge in [-0.25, -0.2) is 0 Å². The van der Waals surface area contributed by atoms with Crippen LogP contribution in [0.5, 0.6) is 5.75 Å². The van der Waals surface area contributed by atoms with Crippen LogP contribution in [0.3, 0.4) is 0 Å². The van der Waals surface area contributed by atoms with Gasteiger partial charge in [0.25, 0.3) is 0 Å². The van der Waals surface area contributed by atoms with E-state index in [4.69, 9.17) is 14.9 Å². The fourth-order valence-corrected chi connectivity index (χ4v) is 1.78. The molecular weight excluding hydrogens is 258 g/mol. The van der Waals surface area contributed by atoms with Crippen molar-refractivity contribution in [3.05, 3.63) is 59.4 Å². The third kappa shape index (κ3) is 3.80. The van der Waals surface area contributed by atoms with Gasteiger partial charge in [0.2, 0.25) is 0 Å². The minimum absolute atomic E-state index is 0.0266. The zero-order valence-corrected chi connectivity index (χ0v) is 10.8. The first-order valence-electron chi connectivity index (χ1n) is 6.16.